The SMILES string of the molecule is CCOCCC(=O)Nc1ccc2c(c1)CNCC2. The molecular formula is C14H20N2O2. The molecule has 0 radical (unpaired) electrons. The summed E-state index contributed by atoms with van der Waals surface area (Å²) in [6, 6.07) is 6.14. The molecule has 1 aliphatic heterocycles. The molecule has 2 N–H and O–H groups in total. The van der Waals surface area contributed by atoms with Gasteiger partial charge in [-0.05, 0) is 43.1 Å². The molecule has 0 aliphatic carbocycles. The maximum absolute atomic E-state index is 11.6. The first-order valence-electron chi connectivity index (χ1n) is 6.49. The van der Waals surface area contributed by atoms with Crippen molar-refractivity contribution in [3.63, 3.8) is 0 Å². The average molecular weight is 248 g/mol. The topological polar surface area (TPSA) is 50.4 Å². The van der Waals surface area contributed by atoms with Gasteiger partial charge in [-0.1, -0.05) is 6.07 Å². The third-order valence-electron chi connectivity index (χ3n) is 3.05. The molecule has 1 amide bonds. The molecule has 4 heteroatoms. The van der Waals surface area contributed by atoms with Crippen molar-refractivity contribution in [2.75, 3.05) is 25.1 Å². The Balaban J connectivity index is 1.91. The Hall–Kier alpha value is -1.39. The van der Waals surface area contributed by atoms with E-state index in [2.05, 4.69) is 22.8 Å². The molecule has 0 saturated carbocycles. The van der Waals surface area contributed by atoms with Crippen molar-refractivity contribution >= 4 is 11.6 Å². The third-order valence-corrected chi connectivity index (χ3v) is 3.05. The zero-order chi connectivity index (χ0) is 12.8. The Morgan fingerprint density at radius 2 is 2.33 bits per heavy atom. The van der Waals surface area contributed by atoms with Crippen LogP contribution in [-0.2, 0) is 22.5 Å². The highest BCUT2D eigenvalue weighted by Crippen LogP contribution is 2.19. The van der Waals surface area contributed by atoms with Gasteiger partial charge in [-0.2, -0.15) is 0 Å². The van der Waals surface area contributed by atoms with E-state index in [9.17, 15) is 4.79 Å². The van der Waals surface area contributed by atoms with Crippen molar-refractivity contribution in [3.8, 4) is 0 Å². The van der Waals surface area contributed by atoms with Gasteiger partial charge in [0.2, 0.25) is 5.91 Å². The average Bonchev–Trinajstić information content (AvgIpc) is 2.39. The maximum atomic E-state index is 11.6. The second-order valence-electron chi connectivity index (χ2n) is 4.41. The van der Waals surface area contributed by atoms with Crippen LogP contribution in [-0.4, -0.2) is 25.7 Å². The summed E-state index contributed by atoms with van der Waals surface area (Å²) >= 11 is 0. The van der Waals surface area contributed by atoms with Crippen LogP contribution in [0.25, 0.3) is 0 Å². The third kappa shape index (κ3) is 3.55. The normalized spacial score (nSPS) is 14.1. The summed E-state index contributed by atoms with van der Waals surface area (Å²) in [4.78, 5) is 11.6. The fourth-order valence-corrected chi connectivity index (χ4v) is 2.09. The number of hydrogen-bond acceptors (Lipinski definition) is 3. The molecule has 0 fully saturated rings. The molecule has 1 aromatic rings. The van der Waals surface area contributed by atoms with E-state index in [1.54, 1.807) is 0 Å². The van der Waals surface area contributed by atoms with Crippen molar-refractivity contribution in [1.82, 2.24) is 5.32 Å². The number of carbonyl (C=O) groups excluding carboxylic acids is 1. The number of fused-ring (bicyclic) bond motifs is 1. The highest BCUT2D eigenvalue weighted by atomic mass is 16.5. The highest BCUT2D eigenvalue weighted by Gasteiger charge is 2.09. The van der Waals surface area contributed by atoms with E-state index in [0.717, 1.165) is 25.2 Å². The van der Waals surface area contributed by atoms with Gasteiger partial charge in [-0.3, -0.25) is 4.79 Å². The number of nitrogens with one attached hydrogen (secondary N) is 2. The number of ether oxygens (including phenoxy) is 1. The van der Waals surface area contributed by atoms with E-state index < -0.39 is 0 Å². The smallest absolute Gasteiger partial charge is 0.226 e. The van der Waals surface area contributed by atoms with Gasteiger partial charge in [0, 0.05) is 18.8 Å². The van der Waals surface area contributed by atoms with Crippen LogP contribution >= 0.6 is 0 Å². The van der Waals surface area contributed by atoms with Crippen molar-refractivity contribution in [2.24, 2.45) is 0 Å². The molecule has 1 heterocycles. The lowest BCUT2D eigenvalue weighted by Gasteiger charge is -2.18. The first-order valence-corrected chi connectivity index (χ1v) is 6.49. The lowest BCUT2D eigenvalue weighted by molar-refractivity contribution is -0.117. The van der Waals surface area contributed by atoms with Gasteiger partial charge in [0.15, 0.2) is 0 Å². The van der Waals surface area contributed by atoms with Crippen LogP contribution in [0.1, 0.15) is 24.5 Å². The highest BCUT2D eigenvalue weighted by molar-refractivity contribution is 5.90. The van der Waals surface area contributed by atoms with Gasteiger partial charge in [0.05, 0.1) is 13.0 Å². The molecule has 18 heavy (non-hydrogen) atoms. The molecule has 0 spiro atoms. The van der Waals surface area contributed by atoms with Gasteiger partial charge in [-0.25, -0.2) is 0 Å². The Morgan fingerprint density at radius 1 is 1.44 bits per heavy atom. The van der Waals surface area contributed by atoms with Crippen LogP contribution in [0.5, 0.6) is 0 Å². The zero-order valence-corrected chi connectivity index (χ0v) is 10.8. The second kappa shape index (κ2) is 6.52. The van der Waals surface area contributed by atoms with Crippen LogP contribution in [0.4, 0.5) is 5.69 Å². The lowest BCUT2D eigenvalue weighted by atomic mass is 10.0. The van der Waals surface area contributed by atoms with E-state index in [0.29, 0.717) is 19.6 Å². The van der Waals surface area contributed by atoms with Gasteiger partial charge in [-0.15, -0.1) is 0 Å². The van der Waals surface area contributed by atoms with Gasteiger partial charge in [0.25, 0.3) is 0 Å². The van der Waals surface area contributed by atoms with Crippen LogP contribution in [0, 0.1) is 0 Å². The predicted octanol–water partition coefficient (Wildman–Crippen LogP) is 1.70. The number of amides is 1. The molecule has 2 rings (SSSR count). The van der Waals surface area contributed by atoms with Gasteiger partial charge >= 0.3 is 0 Å². The maximum Gasteiger partial charge on any atom is 0.226 e. The van der Waals surface area contributed by atoms with Crippen LogP contribution < -0.4 is 10.6 Å². The Bertz CT molecular complexity index is 418. The summed E-state index contributed by atoms with van der Waals surface area (Å²) in [7, 11) is 0. The van der Waals surface area contributed by atoms with Gasteiger partial charge in [0.1, 0.15) is 0 Å². The summed E-state index contributed by atoms with van der Waals surface area (Å²) in [6.07, 6.45) is 1.47. The number of hydrogen-bond donors (Lipinski definition) is 2. The zero-order valence-electron chi connectivity index (χ0n) is 10.8. The Morgan fingerprint density at radius 3 is 3.17 bits per heavy atom. The summed E-state index contributed by atoms with van der Waals surface area (Å²) in [5.41, 5.74) is 3.53. The summed E-state index contributed by atoms with van der Waals surface area (Å²) < 4.78 is 5.16. The molecule has 1 aliphatic rings. The predicted molar refractivity (Wildman–Crippen MR) is 71.6 cm³/mol. The van der Waals surface area contributed by atoms with E-state index >= 15 is 0 Å². The standard InChI is InChI=1S/C14H20N2O2/c1-2-18-8-6-14(17)16-13-4-3-11-5-7-15-10-12(11)9-13/h3-4,9,15H,2,5-8,10H2,1H3,(H,16,17). The molecular weight excluding hydrogens is 228 g/mol. The van der Waals surface area contributed by atoms with E-state index in [1.165, 1.54) is 11.1 Å². The van der Waals surface area contributed by atoms with E-state index in [1.807, 2.05) is 13.0 Å². The van der Waals surface area contributed by atoms with Crippen LogP contribution in [0.3, 0.4) is 0 Å². The summed E-state index contributed by atoms with van der Waals surface area (Å²) in [6.45, 7) is 4.98. The minimum Gasteiger partial charge on any atom is -0.381 e. The van der Waals surface area contributed by atoms with Crippen molar-refractivity contribution in [1.29, 1.82) is 0 Å². The molecule has 0 bridgehead atoms. The molecule has 1 aromatic carbocycles. The Kier molecular flexibility index (Phi) is 4.73. The number of anilines is 1. The monoisotopic (exact) mass is 248 g/mol. The summed E-state index contributed by atoms with van der Waals surface area (Å²) in [5.74, 6) is 0.00664. The largest absolute Gasteiger partial charge is 0.381 e. The minimum atomic E-state index is 0.00664. The fourth-order valence-electron chi connectivity index (χ4n) is 2.09. The lowest BCUT2D eigenvalue weighted by Crippen LogP contribution is -2.23. The fraction of sp³-hybridized carbons (Fsp3) is 0.500. The first kappa shape index (κ1) is 13.1. The van der Waals surface area contributed by atoms with Crippen molar-refractivity contribution < 1.29 is 9.53 Å². The Labute approximate surface area is 108 Å². The summed E-state index contributed by atoms with van der Waals surface area (Å²) in [5, 5.41) is 6.23. The molecule has 0 saturated heterocycles. The molecule has 98 valence electrons. The van der Waals surface area contributed by atoms with Crippen LogP contribution in [0.2, 0.25) is 0 Å². The quantitative estimate of drug-likeness (QED) is 0.780. The molecule has 0 unspecified atom stereocenters. The molecule has 0 atom stereocenters. The van der Waals surface area contributed by atoms with Gasteiger partial charge < -0.3 is 15.4 Å². The van der Waals surface area contributed by atoms with Crippen LogP contribution in [0.15, 0.2) is 18.2 Å². The first-order chi connectivity index (χ1) is 8.79. The second-order valence-corrected chi connectivity index (χ2v) is 4.41. The van der Waals surface area contributed by atoms with Crippen molar-refractivity contribution in [2.45, 2.75) is 26.3 Å². The van der Waals surface area contributed by atoms with Crippen molar-refractivity contribution in [3.05, 3.63) is 29.3 Å². The van der Waals surface area contributed by atoms with E-state index in [-0.39, 0.29) is 5.91 Å². The number of carbonyl (C=O) groups is 1. The minimum absolute atomic E-state index is 0.00664. The van der Waals surface area contributed by atoms with E-state index in [4.69, 9.17) is 4.74 Å². The molecule has 4 nitrogen and oxygen atoms in total. The number of benzene rings is 1. The molecule has 0 aromatic heterocycles. The number of rotatable bonds is 5.